The lowest BCUT2D eigenvalue weighted by atomic mass is 9.94. The van der Waals surface area contributed by atoms with Crippen molar-refractivity contribution in [1.29, 1.82) is 0 Å². The molecule has 1 atom stereocenters. The van der Waals surface area contributed by atoms with Gasteiger partial charge in [-0.2, -0.15) is 0 Å². The molecule has 1 fully saturated rings. The van der Waals surface area contributed by atoms with Crippen LogP contribution < -0.4 is 5.32 Å². The third-order valence-electron chi connectivity index (χ3n) is 2.93. The summed E-state index contributed by atoms with van der Waals surface area (Å²) in [5.74, 6) is 0.345. The van der Waals surface area contributed by atoms with Gasteiger partial charge < -0.3 is 14.6 Å². The van der Waals surface area contributed by atoms with Gasteiger partial charge in [0.15, 0.2) is 0 Å². The monoisotopic (exact) mass is 280 g/mol. The molecule has 6 nitrogen and oxygen atoms in total. The highest BCUT2D eigenvalue weighted by Crippen LogP contribution is 2.30. The Bertz CT molecular complexity index is 490. The Balaban J connectivity index is 2.08. The summed E-state index contributed by atoms with van der Waals surface area (Å²) in [6.45, 7) is 6.13. The van der Waals surface area contributed by atoms with Crippen molar-refractivity contribution in [2.24, 2.45) is 0 Å². The van der Waals surface area contributed by atoms with Crippen LogP contribution in [0.2, 0.25) is 0 Å². The van der Waals surface area contributed by atoms with E-state index in [1.807, 2.05) is 0 Å². The van der Waals surface area contributed by atoms with E-state index in [4.69, 9.17) is 9.47 Å². The highest BCUT2D eigenvalue weighted by atomic mass is 16.6. The first-order chi connectivity index (χ1) is 9.28. The van der Waals surface area contributed by atoms with E-state index in [9.17, 15) is 9.90 Å². The van der Waals surface area contributed by atoms with Crippen LogP contribution in [0.15, 0.2) is 18.3 Å². The van der Waals surface area contributed by atoms with Gasteiger partial charge in [-0.05, 0) is 38.5 Å². The number of aliphatic hydroxyl groups is 1. The zero-order chi connectivity index (χ0) is 14.8. The van der Waals surface area contributed by atoms with Crippen molar-refractivity contribution in [2.45, 2.75) is 38.4 Å². The van der Waals surface area contributed by atoms with E-state index in [0.717, 1.165) is 0 Å². The van der Waals surface area contributed by atoms with Crippen molar-refractivity contribution in [3.8, 4) is 0 Å². The topological polar surface area (TPSA) is 80.7 Å². The fraction of sp³-hybridized carbons (Fsp3) is 0.571. The summed E-state index contributed by atoms with van der Waals surface area (Å²) < 4.78 is 10.4. The zero-order valence-electron chi connectivity index (χ0n) is 12.0. The molecule has 110 valence electrons. The number of nitrogens with zero attached hydrogens (tertiary/aromatic N) is 1. The second-order valence-electron chi connectivity index (χ2n) is 5.89. The minimum atomic E-state index is -1.01. The predicted octanol–water partition coefficient (Wildman–Crippen LogP) is 2.04. The molecule has 1 amide bonds. The molecule has 0 aliphatic carbocycles. The molecule has 1 aliphatic heterocycles. The number of pyridine rings is 1. The van der Waals surface area contributed by atoms with Crippen molar-refractivity contribution in [1.82, 2.24) is 4.98 Å². The number of carbonyl (C=O) groups is 1. The molecule has 20 heavy (non-hydrogen) atoms. The maximum atomic E-state index is 11.7. The van der Waals surface area contributed by atoms with Crippen LogP contribution in [0, 0.1) is 0 Å². The van der Waals surface area contributed by atoms with Gasteiger partial charge in [-0.25, -0.2) is 9.78 Å². The number of aromatic nitrogens is 1. The molecule has 2 N–H and O–H groups in total. The molecule has 1 unspecified atom stereocenters. The molecule has 0 spiro atoms. The summed E-state index contributed by atoms with van der Waals surface area (Å²) in [5.41, 5.74) is -0.900. The number of nitrogens with one attached hydrogen (secondary N) is 1. The smallest absolute Gasteiger partial charge is 0.413 e. The van der Waals surface area contributed by atoms with Gasteiger partial charge in [-0.1, -0.05) is 0 Å². The van der Waals surface area contributed by atoms with Crippen molar-refractivity contribution >= 4 is 11.9 Å². The van der Waals surface area contributed by atoms with Gasteiger partial charge in [0.25, 0.3) is 0 Å². The van der Waals surface area contributed by atoms with Crippen LogP contribution in [-0.2, 0) is 15.1 Å². The third kappa shape index (κ3) is 3.68. The number of hydrogen-bond acceptors (Lipinski definition) is 5. The van der Waals surface area contributed by atoms with E-state index in [-0.39, 0.29) is 6.61 Å². The van der Waals surface area contributed by atoms with Gasteiger partial charge in [0.05, 0.1) is 6.61 Å². The molecular formula is C14H20N2O4. The Morgan fingerprint density at radius 1 is 1.55 bits per heavy atom. The molecule has 2 rings (SSSR count). The van der Waals surface area contributed by atoms with Crippen molar-refractivity contribution < 1.29 is 19.4 Å². The lowest BCUT2D eigenvalue weighted by Gasteiger charge is -2.22. The fourth-order valence-electron chi connectivity index (χ4n) is 1.98. The average Bonchev–Trinajstić information content (AvgIpc) is 2.75. The summed E-state index contributed by atoms with van der Waals surface area (Å²) in [6.07, 6.45) is 1.50. The average molecular weight is 280 g/mol. The van der Waals surface area contributed by atoms with Crippen LogP contribution in [-0.4, -0.2) is 35.0 Å². The van der Waals surface area contributed by atoms with Crippen LogP contribution in [0.1, 0.15) is 32.8 Å². The maximum absolute atomic E-state index is 11.7. The Morgan fingerprint density at radius 2 is 2.30 bits per heavy atom. The minimum Gasteiger partial charge on any atom is -0.444 e. The van der Waals surface area contributed by atoms with Gasteiger partial charge in [-0.3, -0.25) is 5.32 Å². The SMILES string of the molecule is CC(C)(C)OC(=O)Nc1cc(C2(O)CCOC2)ccn1. The van der Waals surface area contributed by atoms with Crippen molar-refractivity contribution in [2.75, 3.05) is 18.5 Å². The minimum absolute atomic E-state index is 0.253. The molecule has 1 aromatic rings. The van der Waals surface area contributed by atoms with Crippen LogP contribution in [0.25, 0.3) is 0 Å². The van der Waals surface area contributed by atoms with E-state index in [1.165, 1.54) is 0 Å². The highest BCUT2D eigenvalue weighted by Gasteiger charge is 2.34. The molecule has 6 heteroatoms. The number of ether oxygens (including phenoxy) is 2. The summed E-state index contributed by atoms with van der Waals surface area (Å²) >= 11 is 0. The maximum Gasteiger partial charge on any atom is 0.413 e. The summed E-state index contributed by atoms with van der Waals surface area (Å²) in [5, 5.41) is 13.0. The molecule has 0 saturated carbocycles. The van der Waals surface area contributed by atoms with Crippen LogP contribution >= 0.6 is 0 Å². The molecular weight excluding hydrogens is 260 g/mol. The molecule has 1 aliphatic rings. The summed E-state index contributed by atoms with van der Waals surface area (Å²) in [6, 6.07) is 3.35. The van der Waals surface area contributed by atoms with Crippen LogP contribution in [0.3, 0.4) is 0 Å². The number of carbonyl (C=O) groups excluding carboxylic acids is 1. The van der Waals surface area contributed by atoms with E-state index in [0.29, 0.717) is 24.4 Å². The lowest BCUT2D eigenvalue weighted by Crippen LogP contribution is -2.28. The Hall–Kier alpha value is -1.66. The molecule has 1 aromatic heterocycles. The number of hydrogen-bond donors (Lipinski definition) is 2. The Morgan fingerprint density at radius 3 is 2.90 bits per heavy atom. The molecule has 1 saturated heterocycles. The second kappa shape index (κ2) is 5.38. The van der Waals surface area contributed by atoms with Gasteiger partial charge in [0.1, 0.15) is 17.0 Å². The van der Waals surface area contributed by atoms with E-state index >= 15 is 0 Å². The first-order valence-corrected chi connectivity index (χ1v) is 6.55. The Kier molecular flexibility index (Phi) is 3.96. The standard InChI is InChI=1S/C14H20N2O4/c1-13(2,3)20-12(17)16-11-8-10(4-6-15-11)14(18)5-7-19-9-14/h4,6,8,18H,5,7,9H2,1-3H3,(H,15,16,17). The van der Waals surface area contributed by atoms with Crippen LogP contribution in [0.4, 0.5) is 10.6 Å². The van der Waals surface area contributed by atoms with Gasteiger partial charge in [0, 0.05) is 19.2 Å². The third-order valence-corrected chi connectivity index (χ3v) is 2.93. The molecule has 2 heterocycles. The predicted molar refractivity (Wildman–Crippen MR) is 73.4 cm³/mol. The first kappa shape index (κ1) is 14.7. The van der Waals surface area contributed by atoms with Crippen LogP contribution in [0.5, 0.6) is 0 Å². The summed E-state index contributed by atoms with van der Waals surface area (Å²) in [7, 11) is 0. The van der Waals surface area contributed by atoms with E-state index in [1.54, 1.807) is 39.1 Å². The van der Waals surface area contributed by atoms with Gasteiger partial charge in [0.2, 0.25) is 0 Å². The van der Waals surface area contributed by atoms with Gasteiger partial charge in [-0.15, -0.1) is 0 Å². The molecule has 0 radical (unpaired) electrons. The Labute approximate surface area is 118 Å². The second-order valence-corrected chi connectivity index (χ2v) is 5.89. The number of amides is 1. The molecule has 0 aromatic carbocycles. The number of anilines is 1. The quantitative estimate of drug-likeness (QED) is 0.866. The van der Waals surface area contributed by atoms with Crippen molar-refractivity contribution in [3.05, 3.63) is 23.9 Å². The van der Waals surface area contributed by atoms with E-state index in [2.05, 4.69) is 10.3 Å². The normalized spacial score (nSPS) is 22.6. The zero-order valence-corrected chi connectivity index (χ0v) is 12.0. The fourth-order valence-corrected chi connectivity index (χ4v) is 1.98. The highest BCUT2D eigenvalue weighted by molar-refractivity contribution is 5.83. The first-order valence-electron chi connectivity index (χ1n) is 6.55. The van der Waals surface area contributed by atoms with Gasteiger partial charge >= 0.3 is 6.09 Å². The summed E-state index contributed by atoms with van der Waals surface area (Å²) in [4.78, 5) is 15.7. The molecule has 0 bridgehead atoms. The largest absolute Gasteiger partial charge is 0.444 e. The van der Waals surface area contributed by atoms with E-state index < -0.39 is 17.3 Å². The number of rotatable bonds is 2. The van der Waals surface area contributed by atoms with Crippen molar-refractivity contribution in [3.63, 3.8) is 0 Å². The lowest BCUT2D eigenvalue weighted by molar-refractivity contribution is 0.0231.